The van der Waals surface area contributed by atoms with E-state index in [1.54, 1.807) is 0 Å². The van der Waals surface area contributed by atoms with Crippen molar-refractivity contribution in [3.8, 4) is 44.5 Å². The molecule has 0 saturated heterocycles. The van der Waals surface area contributed by atoms with Gasteiger partial charge in [0.05, 0.1) is 0 Å². The molecular weight excluding hydrogens is 1080 g/mol. The predicted molar refractivity (Wildman–Crippen MR) is 370 cm³/mol. The van der Waals surface area contributed by atoms with Crippen LogP contribution in [0.3, 0.4) is 0 Å². The summed E-state index contributed by atoms with van der Waals surface area (Å²) in [6.45, 7) is -0.355. The van der Waals surface area contributed by atoms with Crippen LogP contribution >= 0.6 is 22.7 Å². The van der Waals surface area contributed by atoms with Gasteiger partial charge < -0.3 is 18.8 Å². The summed E-state index contributed by atoms with van der Waals surface area (Å²) in [6.07, 6.45) is 0. The summed E-state index contributed by atoms with van der Waals surface area (Å²) in [7, 11) is 0. The van der Waals surface area contributed by atoms with Crippen molar-refractivity contribution in [1.82, 2.24) is 8.96 Å². The Kier molecular flexibility index (Phi) is 8.95. The molecule has 4 aromatic heterocycles. The monoisotopic (exact) mass is 1120 g/mol. The first-order chi connectivity index (χ1) is 42.7. The number of aromatic nitrogens is 2. The fraction of sp³-hybridized carbons (Fsp3) is 0. The lowest BCUT2D eigenvalue weighted by molar-refractivity contribution is 1.23. The summed E-state index contributed by atoms with van der Waals surface area (Å²) in [6, 6.07) is 101. The molecule has 8 heterocycles. The van der Waals surface area contributed by atoms with Crippen molar-refractivity contribution >= 4 is 176 Å². The quantitative estimate of drug-likeness (QED) is 0.163. The normalized spacial score (nSPS) is 13.5. The zero-order valence-corrected chi connectivity index (χ0v) is 47.8. The molecule has 0 fully saturated rings. The second-order valence-electron chi connectivity index (χ2n) is 23.8. The van der Waals surface area contributed by atoms with Crippen LogP contribution in [0.4, 0.5) is 34.1 Å². The number of hydrogen-bond acceptors (Lipinski definition) is 4. The van der Waals surface area contributed by atoms with Crippen molar-refractivity contribution in [2.24, 2.45) is 0 Å². The van der Waals surface area contributed by atoms with Gasteiger partial charge in [0.1, 0.15) is 0 Å². The Labute approximate surface area is 503 Å². The minimum Gasteiger partial charge on any atom is -0.375 e. The molecule has 4 aliphatic heterocycles. The van der Waals surface area contributed by atoms with E-state index in [-0.39, 0.29) is 13.7 Å². The van der Waals surface area contributed by atoms with E-state index in [9.17, 15) is 0 Å². The van der Waals surface area contributed by atoms with E-state index in [0.29, 0.717) is 0 Å². The third-order valence-electron chi connectivity index (χ3n) is 19.6. The Hall–Kier alpha value is -10.4. The molecule has 86 heavy (non-hydrogen) atoms. The molecule has 0 atom stereocenters. The highest BCUT2D eigenvalue weighted by Gasteiger charge is 2.48. The van der Waals surface area contributed by atoms with Gasteiger partial charge >= 0.3 is 13.7 Å². The van der Waals surface area contributed by atoms with Crippen molar-refractivity contribution in [2.45, 2.75) is 0 Å². The Morgan fingerprint density at radius 1 is 0.267 bits per heavy atom. The lowest BCUT2D eigenvalue weighted by Crippen LogP contribution is -2.61. The van der Waals surface area contributed by atoms with Crippen molar-refractivity contribution in [2.75, 3.05) is 9.80 Å². The molecule has 394 valence electrons. The number of fused-ring (bicyclic) bond motifs is 22. The molecule has 0 amide bonds. The maximum absolute atomic E-state index is 2.78. The molecule has 0 N–H and O–H groups in total. The summed E-state index contributed by atoms with van der Waals surface area (Å²) >= 11 is 3.84. The van der Waals surface area contributed by atoms with Crippen LogP contribution in [-0.4, -0.2) is 22.7 Å². The lowest BCUT2D eigenvalue weighted by Gasteiger charge is -2.44. The summed E-state index contributed by atoms with van der Waals surface area (Å²) in [4.78, 5) is 5.17. The molecule has 0 spiro atoms. The van der Waals surface area contributed by atoms with Gasteiger partial charge in [0.15, 0.2) is 0 Å². The van der Waals surface area contributed by atoms with Crippen molar-refractivity contribution in [1.29, 1.82) is 0 Å². The molecular formula is C78H44B2N4S2. The Bertz CT molecular complexity index is 5510. The maximum Gasteiger partial charge on any atom is 0.333 e. The van der Waals surface area contributed by atoms with Crippen molar-refractivity contribution in [3.05, 3.63) is 267 Å². The molecule has 0 aliphatic carbocycles. The molecule has 4 nitrogen and oxygen atoms in total. The van der Waals surface area contributed by atoms with E-state index < -0.39 is 0 Å². The van der Waals surface area contributed by atoms with Crippen LogP contribution in [0.15, 0.2) is 267 Å². The molecule has 17 aromatic rings. The van der Waals surface area contributed by atoms with Crippen LogP contribution in [0.1, 0.15) is 0 Å². The molecule has 0 unspecified atom stereocenters. The molecule has 0 radical (unpaired) electrons. The second-order valence-corrected chi connectivity index (χ2v) is 25.9. The van der Waals surface area contributed by atoms with Crippen LogP contribution in [-0.2, 0) is 0 Å². The molecule has 4 aliphatic rings. The largest absolute Gasteiger partial charge is 0.375 e. The molecule has 0 saturated carbocycles. The first kappa shape index (κ1) is 46.1. The van der Waals surface area contributed by atoms with Gasteiger partial charge in [0.25, 0.3) is 0 Å². The minimum atomic E-state index is -0.178. The number of thiophene rings is 2. The predicted octanol–water partition coefficient (Wildman–Crippen LogP) is 18.8. The number of anilines is 6. The number of benzene rings is 13. The van der Waals surface area contributed by atoms with Crippen LogP contribution < -0.4 is 31.7 Å². The van der Waals surface area contributed by atoms with E-state index in [1.807, 2.05) is 22.7 Å². The first-order valence-electron chi connectivity index (χ1n) is 29.8. The zero-order chi connectivity index (χ0) is 55.6. The van der Waals surface area contributed by atoms with Crippen LogP contribution in [0, 0.1) is 0 Å². The standard InChI is InChI=1S/C78H44B2N4S2/c1-5-19-45(20-6-1)47-35-37-61-57(39-47)73-71-53-27-13-15-33-67(53)85-69(71)41-55-51-29-17-31-63-75(51)79(83(61)77(55)73)59-43-60-66(44-65(59)81(63)49-23-9-3-10-24-49)82(50-25-11-4-12-26-50)64-32-18-30-52-56-42-70-72(54-28-14-16-34-68(54)86-70)74-58-40-48(46-21-7-2-8-22-46)36-38-62(58)84(78(56)74)80(60)76(52)64/h1-44H. The third-order valence-corrected chi connectivity index (χ3v) is 21.8. The minimum absolute atomic E-state index is 0.178. The van der Waals surface area contributed by atoms with E-state index in [2.05, 4.69) is 286 Å². The fourth-order valence-electron chi connectivity index (χ4n) is 16.3. The van der Waals surface area contributed by atoms with Gasteiger partial charge in [-0.25, -0.2) is 0 Å². The smallest absolute Gasteiger partial charge is 0.333 e. The lowest BCUT2D eigenvalue weighted by atomic mass is 9.41. The Balaban J connectivity index is 0.928. The average Bonchev–Trinajstić information content (AvgIpc) is 1.43. The van der Waals surface area contributed by atoms with Crippen LogP contribution in [0.2, 0.25) is 0 Å². The fourth-order valence-corrected chi connectivity index (χ4v) is 18.6. The van der Waals surface area contributed by atoms with Crippen molar-refractivity contribution < 1.29 is 0 Å². The molecule has 21 rings (SSSR count). The van der Waals surface area contributed by atoms with Gasteiger partial charge in [-0.3, -0.25) is 0 Å². The van der Waals surface area contributed by atoms with E-state index in [4.69, 9.17) is 0 Å². The highest BCUT2D eigenvalue weighted by molar-refractivity contribution is 7.26. The number of hydrogen-bond donors (Lipinski definition) is 0. The Morgan fingerprint density at radius 2 is 0.686 bits per heavy atom. The molecule has 8 heteroatoms. The van der Waals surface area contributed by atoms with Gasteiger partial charge in [0, 0.05) is 129 Å². The van der Waals surface area contributed by atoms with E-state index in [1.165, 1.54) is 173 Å². The molecule has 0 bridgehead atoms. The first-order valence-corrected chi connectivity index (χ1v) is 31.4. The van der Waals surface area contributed by atoms with Gasteiger partial charge in [-0.15, -0.1) is 22.7 Å². The summed E-state index contributed by atoms with van der Waals surface area (Å²) in [5.41, 5.74) is 27.5. The van der Waals surface area contributed by atoms with Crippen LogP contribution in [0.5, 0.6) is 0 Å². The van der Waals surface area contributed by atoms with Crippen LogP contribution in [0.25, 0.3) is 128 Å². The summed E-state index contributed by atoms with van der Waals surface area (Å²) in [5.74, 6) is 0. The number of rotatable bonds is 4. The van der Waals surface area contributed by atoms with E-state index >= 15 is 0 Å². The maximum atomic E-state index is 2.78. The van der Waals surface area contributed by atoms with E-state index in [0.717, 1.165) is 11.4 Å². The van der Waals surface area contributed by atoms with Gasteiger partial charge in [-0.2, -0.15) is 0 Å². The van der Waals surface area contributed by atoms with Gasteiger partial charge in [-0.1, -0.05) is 176 Å². The van der Waals surface area contributed by atoms with Gasteiger partial charge in [-0.05, 0) is 146 Å². The SMILES string of the molecule is c1ccc(-c2ccc3c(c2)c2c4c(cc5c2n3B2c3cc6c(cc3N(c3ccccc3)c3cccc-5c32)N(c2ccccc2)c2cccc3c2B6n2c5ccc(-c6ccccc6)cc5c5c6c(cc-3c52)sc2ccccc26)sc2ccccc24)cc1. The highest BCUT2D eigenvalue weighted by Crippen LogP contribution is 2.54. The summed E-state index contributed by atoms with van der Waals surface area (Å²) in [5, 5.41) is 10.6. The van der Waals surface area contributed by atoms with Gasteiger partial charge in [0.2, 0.25) is 0 Å². The summed E-state index contributed by atoms with van der Waals surface area (Å²) < 4.78 is 10.8. The Morgan fingerprint density at radius 3 is 1.14 bits per heavy atom. The molecule has 13 aromatic carbocycles. The average molecular weight is 1120 g/mol. The second kappa shape index (κ2) is 16.7. The highest BCUT2D eigenvalue weighted by atomic mass is 32.1. The third kappa shape index (κ3) is 5.85. The number of nitrogens with zero attached hydrogens (tertiary/aromatic N) is 4. The number of para-hydroxylation sites is 2. The topological polar surface area (TPSA) is 16.3 Å². The van der Waals surface area contributed by atoms with Crippen molar-refractivity contribution in [3.63, 3.8) is 0 Å². The zero-order valence-electron chi connectivity index (χ0n) is 46.2.